The molecule has 1 aromatic heterocycles. The maximum atomic E-state index is 13.4. The summed E-state index contributed by atoms with van der Waals surface area (Å²) in [5, 5.41) is 16.6. The summed E-state index contributed by atoms with van der Waals surface area (Å²) in [4.78, 5) is 29.3. The molecule has 0 amide bonds. The Kier molecular flexibility index (Phi) is 8.13. The lowest BCUT2D eigenvalue weighted by atomic mass is 10.1. The fourth-order valence-corrected chi connectivity index (χ4v) is 4.45. The van der Waals surface area contributed by atoms with Crippen molar-refractivity contribution in [2.24, 2.45) is 5.10 Å². The first-order chi connectivity index (χ1) is 17.7. The maximum absolute atomic E-state index is 13.4. The molecule has 0 fully saturated rings. The minimum atomic E-state index is -0.562. The zero-order valence-corrected chi connectivity index (χ0v) is 23.0. The summed E-state index contributed by atoms with van der Waals surface area (Å²) in [5.41, 5.74) is 0.807. The number of hydrogen-bond acceptors (Lipinski definition) is 6. The normalized spacial score (nSPS) is 12.2. The molecule has 0 N–H and O–H groups in total. The predicted octanol–water partition coefficient (Wildman–Crippen LogP) is 6.94. The van der Waals surface area contributed by atoms with Crippen molar-refractivity contribution in [3.63, 3.8) is 0 Å². The zero-order chi connectivity index (χ0) is 26.7. The monoisotopic (exact) mass is 630 g/mol. The van der Waals surface area contributed by atoms with E-state index >= 15 is 0 Å². The highest BCUT2D eigenvalue weighted by Gasteiger charge is 2.21. The number of ether oxygens (including phenoxy) is 1. The standard InChI is InChI=1S/C26H21Br2FN4O4/c1-3-15(2)25-31-22-9-6-18(27)11-21(22)26(34)32(25)30-13-17-10-19(28)12-23(33(35)36)24(17)37-14-16-4-7-20(29)8-5-16/h4-13,15H,3,14H2,1-2H3/t15-/m0/s1. The van der Waals surface area contributed by atoms with E-state index in [0.29, 0.717) is 26.8 Å². The summed E-state index contributed by atoms with van der Waals surface area (Å²) >= 11 is 6.69. The third kappa shape index (κ3) is 5.94. The Hall–Kier alpha value is -3.44. The molecule has 0 unspecified atom stereocenters. The van der Waals surface area contributed by atoms with Gasteiger partial charge in [0.1, 0.15) is 18.2 Å². The van der Waals surface area contributed by atoms with Crippen LogP contribution in [0.2, 0.25) is 0 Å². The quantitative estimate of drug-likeness (QED) is 0.119. The molecule has 190 valence electrons. The Morgan fingerprint density at radius 2 is 1.89 bits per heavy atom. The largest absolute Gasteiger partial charge is 0.481 e. The predicted molar refractivity (Wildman–Crippen MR) is 147 cm³/mol. The van der Waals surface area contributed by atoms with Crippen molar-refractivity contribution in [1.82, 2.24) is 9.66 Å². The van der Waals surface area contributed by atoms with Gasteiger partial charge in [-0.05, 0) is 48.4 Å². The molecule has 0 aliphatic carbocycles. The van der Waals surface area contributed by atoms with E-state index in [1.165, 1.54) is 41.2 Å². The maximum Gasteiger partial charge on any atom is 0.312 e. The molecule has 8 nitrogen and oxygen atoms in total. The lowest BCUT2D eigenvalue weighted by Gasteiger charge is -2.14. The number of fused-ring (bicyclic) bond motifs is 1. The summed E-state index contributed by atoms with van der Waals surface area (Å²) in [6, 6.07) is 13.8. The van der Waals surface area contributed by atoms with Gasteiger partial charge in [-0.3, -0.25) is 14.9 Å². The van der Waals surface area contributed by atoms with E-state index in [9.17, 15) is 19.3 Å². The average molecular weight is 632 g/mol. The van der Waals surface area contributed by atoms with Crippen LogP contribution in [0.3, 0.4) is 0 Å². The van der Waals surface area contributed by atoms with E-state index < -0.39 is 10.7 Å². The van der Waals surface area contributed by atoms with Gasteiger partial charge in [-0.2, -0.15) is 9.78 Å². The van der Waals surface area contributed by atoms with Crippen molar-refractivity contribution in [2.45, 2.75) is 32.8 Å². The van der Waals surface area contributed by atoms with Gasteiger partial charge in [0, 0.05) is 26.5 Å². The summed E-state index contributed by atoms with van der Waals surface area (Å²) in [6.45, 7) is 3.89. The van der Waals surface area contributed by atoms with Gasteiger partial charge in [0.25, 0.3) is 5.56 Å². The molecule has 1 atom stereocenters. The molecule has 0 aliphatic rings. The summed E-state index contributed by atoms with van der Waals surface area (Å²) in [6.07, 6.45) is 2.06. The molecule has 0 radical (unpaired) electrons. The van der Waals surface area contributed by atoms with Crippen LogP contribution in [0.1, 0.15) is 43.1 Å². The van der Waals surface area contributed by atoms with Crippen LogP contribution >= 0.6 is 31.9 Å². The topological polar surface area (TPSA) is 99.6 Å². The minimum Gasteiger partial charge on any atom is -0.481 e. The van der Waals surface area contributed by atoms with Crippen LogP contribution in [0.4, 0.5) is 10.1 Å². The van der Waals surface area contributed by atoms with Gasteiger partial charge in [0.15, 0.2) is 0 Å². The first-order valence-electron chi connectivity index (χ1n) is 11.3. The van der Waals surface area contributed by atoms with Crippen molar-refractivity contribution in [2.75, 3.05) is 0 Å². The summed E-state index contributed by atoms with van der Waals surface area (Å²) in [5.74, 6) is -0.0403. The smallest absolute Gasteiger partial charge is 0.312 e. The lowest BCUT2D eigenvalue weighted by molar-refractivity contribution is -0.386. The van der Waals surface area contributed by atoms with E-state index in [2.05, 4.69) is 41.9 Å². The molecule has 0 aliphatic heterocycles. The molecule has 4 rings (SSSR count). The molecule has 0 saturated heterocycles. The van der Waals surface area contributed by atoms with Crippen LogP contribution in [-0.4, -0.2) is 20.8 Å². The molecule has 11 heteroatoms. The molecule has 0 spiro atoms. The van der Waals surface area contributed by atoms with E-state index in [-0.39, 0.29) is 35.1 Å². The number of rotatable bonds is 8. The second-order valence-electron chi connectivity index (χ2n) is 8.32. The fourth-order valence-electron chi connectivity index (χ4n) is 3.62. The van der Waals surface area contributed by atoms with Gasteiger partial charge in [-0.15, -0.1) is 0 Å². The second kappa shape index (κ2) is 11.3. The lowest BCUT2D eigenvalue weighted by Crippen LogP contribution is -2.23. The van der Waals surface area contributed by atoms with E-state index in [4.69, 9.17) is 4.74 Å². The second-order valence-corrected chi connectivity index (χ2v) is 10.1. The van der Waals surface area contributed by atoms with E-state index in [1.54, 1.807) is 18.2 Å². The van der Waals surface area contributed by atoms with Crippen molar-refractivity contribution >= 4 is 54.7 Å². The van der Waals surface area contributed by atoms with Gasteiger partial charge in [0.2, 0.25) is 5.75 Å². The number of nitrogens with zero attached hydrogens (tertiary/aromatic N) is 4. The van der Waals surface area contributed by atoms with E-state index in [0.717, 1.165) is 10.9 Å². The van der Waals surface area contributed by atoms with Crippen molar-refractivity contribution in [1.29, 1.82) is 0 Å². The molecular weight excluding hydrogens is 611 g/mol. The first kappa shape index (κ1) is 26.6. The van der Waals surface area contributed by atoms with Crippen LogP contribution in [-0.2, 0) is 6.61 Å². The average Bonchev–Trinajstić information content (AvgIpc) is 2.87. The van der Waals surface area contributed by atoms with E-state index in [1.807, 2.05) is 19.9 Å². The van der Waals surface area contributed by atoms with Crippen molar-refractivity contribution in [3.8, 4) is 5.75 Å². The van der Waals surface area contributed by atoms with Gasteiger partial charge in [0.05, 0.1) is 22.0 Å². The molecule has 37 heavy (non-hydrogen) atoms. The molecule has 4 aromatic rings. The Balaban J connectivity index is 1.83. The molecule has 1 heterocycles. The Labute approximate surface area is 228 Å². The highest BCUT2D eigenvalue weighted by molar-refractivity contribution is 9.10. The highest BCUT2D eigenvalue weighted by Crippen LogP contribution is 2.34. The van der Waals surface area contributed by atoms with Crippen LogP contribution in [0.5, 0.6) is 5.75 Å². The van der Waals surface area contributed by atoms with Crippen LogP contribution in [0.15, 0.2) is 73.4 Å². The third-order valence-corrected chi connectivity index (χ3v) is 6.71. The van der Waals surface area contributed by atoms with Crippen LogP contribution in [0.25, 0.3) is 10.9 Å². The Morgan fingerprint density at radius 1 is 1.16 bits per heavy atom. The van der Waals surface area contributed by atoms with Gasteiger partial charge >= 0.3 is 5.69 Å². The van der Waals surface area contributed by atoms with Crippen molar-refractivity contribution in [3.05, 3.63) is 107 Å². The summed E-state index contributed by atoms with van der Waals surface area (Å²) < 4.78 is 21.5. The SMILES string of the molecule is CC[C@H](C)c1nc2ccc(Br)cc2c(=O)n1N=Cc1cc(Br)cc([N+](=O)[O-])c1OCc1ccc(F)cc1. The minimum absolute atomic E-state index is 0.0316. The molecule has 3 aromatic carbocycles. The molecule has 0 saturated carbocycles. The number of nitro benzene ring substituents is 1. The number of aromatic nitrogens is 2. The zero-order valence-electron chi connectivity index (χ0n) is 19.8. The number of halogens is 3. The van der Waals surface area contributed by atoms with Gasteiger partial charge in [-0.1, -0.05) is 57.8 Å². The Morgan fingerprint density at radius 3 is 2.57 bits per heavy atom. The fraction of sp³-hybridized carbons (Fsp3) is 0.192. The molecular formula is C26H21Br2FN4O4. The van der Waals surface area contributed by atoms with Crippen molar-refractivity contribution < 1.29 is 14.1 Å². The van der Waals surface area contributed by atoms with Crippen LogP contribution < -0.4 is 10.3 Å². The third-order valence-electron chi connectivity index (χ3n) is 5.75. The van der Waals surface area contributed by atoms with Gasteiger partial charge < -0.3 is 4.74 Å². The molecule has 0 bridgehead atoms. The number of nitro groups is 1. The summed E-state index contributed by atoms with van der Waals surface area (Å²) in [7, 11) is 0. The Bertz CT molecular complexity index is 1570. The van der Waals surface area contributed by atoms with Gasteiger partial charge in [-0.25, -0.2) is 9.37 Å². The first-order valence-corrected chi connectivity index (χ1v) is 12.9. The number of hydrogen-bond donors (Lipinski definition) is 0. The van der Waals surface area contributed by atoms with Crippen LogP contribution in [0, 0.1) is 15.9 Å². The number of benzene rings is 3. The highest BCUT2D eigenvalue weighted by atomic mass is 79.9.